The molecule has 1 aromatic heterocycles. The lowest BCUT2D eigenvalue weighted by Gasteiger charge is -2.11. The molecule has 3 aromatic rings. The fourth-order valence-corrected chi connectivity index (χ4v) is 3.53. The topological polar surface area (TPSA) is 48.1 Å². The predicted molar refractivity (Wildman–Crippen MR) is 88.1 cm³/mol. The third-order valence-electron chi connectivity index (χ3n) is 3.42. The standard InChI is InChI=1S/C17H18N2OS/c1-2-20-13-8-9-15-16(10-13)21-17(19-15)14(11-18)12-6-4-3-5-7-12/h3-10,14H,2,11,18H2,1H3. The second kappa shape index (κ2) is 6.24. The van der Waals surface area contributed by atoms with E-state index in [0.29, 0.717) is 13.2 Å². The van der Waals surface area contributed by atoms with Crippen molar-refractivity contribution < 1.29 is 4.74 Å². The van der Waals surface area contributed by atoms with E-state index < -0.39 is 0 Å². The number of thiazole rings is 1. The zero-order chi connectivity index (χ0) is 14.7. The number of aromatic nitrogens is 1. The highest BCUT2D eigenvalue weighted by molar-refractivity contribution is 7.18. The van der Waals surface area contributed by atoms with Gasteiger partial charge in [0.1, 0.15) is 10.8 Å². The Morgan fingerprint density at radius 1 is 1.19 bits per heavy atom. The van der Waals surface area contributed by atoms with Gasteiger partial charge in [-0.15, -0.1) is 11.3 Å². The Kier molecular flexibility index (Phi) is 4.18. The van der Waals surface area contributed by atoms with E-state index in [9.17, 15) is 0 Å². The normalized spacial score (nSPS) is 12.5. The molecule has 1 heterocycles. The lowest BCUT2D eigenvalue weighted by Crippen LogP contribution is -2.13. The van der Waals surface area contributed by atoms with Gasteiger partial charge in [0, 0.05) is 12.5 Å². The fourth-order valence-electron chi connectivity index (χ4n) is 2.39. The molecule has 1 unspecified atom stereocenters. The first-order valence-corrected chi connectivity index (χ1v) is 7.91. The van der Waals surface area contributed by atoms with Crippen LogP contribution in [0.3, 0.4) is 0 Å². The summed E-state index contributed by atoms with van der Waals surface area (Å²) in [5.41, 5.74) is 8.20. The number of rotatable bonds is 5. The highest BCUT2D eigenvalue weighted by Gasteiger charge is 2.17. The largest absolute Gasteiger partial charge is 0.494 e. The van der Waals surface area contributed by atoms with Gasteiger partial charge in [0.2, 0.25) is 0 Å². The van der Waals surface area contributed by atoms with E-state index in [1.54, 1.807) is 11.3 Å². The number of nitrogens with zero attached hydrogens (tertiary/aromatic N) is 1. The SMILES string of the molecule is CCOc1ccc2nc(C(CN)c3ccccc3)sc2c1. The van der Waals surface area contributed by atoms with Gasteiger partial charge in [-0.3, -0.25) is 0 Å². The molecule has 0 bridgehead atoms. The highest BCUT2D eigenvalue weighted by atomic mass is 32.1. The van der Waals surface area contributed by atoms with Crippen LogP contribution >= 0.6 is 11.3 Å². The molecule has 1 atom stereocenters. The maximum Gasteiger partial charge on any atom is 0.120 e. The Morgan fingerprint density at radius 3 is 2.71 bits per heavy atom. The number of nitrogens with two attached hydrogens (primary N) is 1. The van der Waals surface area contributed by atoms with Crippen molar-refractivity contribution in [2.75, 3.05) is 13.2 Å². The van der Waals surface area contributed by atoms with Crippen molar-refractivity contribution in [1.82, 2.24) is 4.98 Å². The highest BCUT2D eigenvalue weighted by Crippen LogP contribution is 2.33. The van der Waals surface area contributed by atoms with E-state index in [1.165, 1.54) is 5.56 Å². The van der Waals surface area contributed by atoms with Crippen LogP contribution in [0.1, 0.15) is 23.4 Å². The molecule has 3 rings (SSSR count). The summed E-state index contributed by atoms with van der Waals surface area (Å²) in [7, 11) is 0. The van der Waals surface area contributed by atoms with Crippen LogP contribution in [0.4, 0.5) is 0 Å². The van der Waals surface area contributed by atoms with Gasteiger partial charge >= 0.3 is 0 Å². The molecule has 3 nitrogen and oxygen atoms in total. The molecule has 0 radical (unpaired) electrons. The number of fused-ring (bicyclic) bond motifs is 1. The van der Waals surface area contributed by atoms with Crippen LogP contribution in [0, 0.1) is 0 Å². The molecular formula is C17H18N2OS. The summed E-state index contributed by atoms with van der Waals surface area (Å²) in [6.45, 7) is 3.22. The van der Waals surface area contributed by atoms with Crippen molar-refractivity contribution in [1.29, 1.82) is 0 Å². The summed E-state index contributed by atoms with van der Waals surface area (Å²) in [5.74, 6) is 1.04. The van der Waals surface area contributed by atoms with Crippen LogP contribution in [-0.2, 0) is 0 Å². The lowest BCUT2D eigenvalue weighted by molar-refractivity contribution is 0.341. The van der Waals surface area contributed by atoms with Crippen molar-refractivity contribution in [3.8, 4) is 5.75 Å². The first-order chi connectivity index (χ1) is 10.3. The van der Waals surface area contributed by atoms with E-state index in [4.69, 9.17) is 15.5 Å². The van der Waals surface area contributed by atoms with Crippen LogP contribution in [-0.4, -0.2) is 18.1 Å². The summed E-state index contributed by atoms with van der Waals surface area (Å²) < 4.78 is 6.69. The summed E-state index contributed by atoms with van der Waals surface area (Å²) in [6, 6.07) is 16.3. The molecule has 108 valence electrons. The second-order valence-corrected chi connectivity index (χ2v) is 5.88. The summed E-state index contributed by atoms with van der Waals surface area (Å²) >= 11 is 1.69. The smallest absolute Gasteiger partial charge is 0.120 e. The first-order valence-electron chi connectivity index (χ1n) is 7.10. The molecule has 0 saturated heterocycles. The minimum Gasteiger partial charge on any atom is -0.494 e. The number of ether oxygens (including phenoxy) is 1. The molecule has 2 N–H and O–H groups in total. The van der Waals surface area contributed by atoms with Gasteiger partial charge in [-0.1, -0.05) is 30.3 Å². The molecule has 0 spiro atoms. The van der Waals surface area contributed by atoms with Gasteiger partial charge in [-0.2, -0.15) is 0 Å². The Morgan fingerprint density at radius 2 is 2.00 bits per heavy atom. The summed E-state index contributed by atoms with van der Waals surface area (Å²) in [4.78, 5) is 4.74. The van der Waals surface area contributed by atoms with Gasteiger partial charge < -0.3 is 10.5 Å². The Labute approximate surface area is 128 Å². The predicted octanol–water partition coefficient (Wildman–Crippen LogP) is 3.79. The zero-order valence-electron chi connectivity index (χ0n) is 12.0. The van der Waals surface area contributed by atoms with Crippen molar-refractivity contribution in [3.05, 3.63) is 59.1 Å². The molecule has 0 saturated carbocycles. The Hall–Kier alpha value is -1.91. The second-order valence-electron chi connectivity index (χ2n) is 4.81. The molecule has 0 aliphatic rings. The molecular weight excluding hydrogens is 280 g/mol. The maximum absolute atomic E-state index is 5.98. The molecule has 0 aliphatic carbocycles. The maximum atomic E-state index is 5.98. The molecule has 0 fully saturated rings. The first kappa shape index (κ1) is 14.0. The Balaban J connectivity index is 1.99. The van der Waals surface area contributed by atoms with E-state index in [0.717, 1.165) is 21.0 Å². The monoisotopic (exact) mass is 298 g/mol. The zero-order valence-corrected chi connectivity index (χ0v) is 12.8. The van der Waals surface area contributed by atoms with E-state index in [2.05, 4.69) is 18.2 Å². The molecule has 0 amide bonds. The number of hydrogen-bond acceptors (Lipinski definition) is 4. The molecule has 21 heavy (non-hydrogen) atoms. The molecule has 2 aromatic carbocycles. The Bertz CT molecular complexity index is 724. The van der Waals surface area contributed by atoms with Crippen molar-refractivity contribution in [2.45, 2.75) is 12.8 Å². The quantitative estimate of drug-likeness (QED) is 0.779. The number of benzene rings is 2. The minimum atomic E-state index is 0.152. The van der Waals surface area contributed by atoms with E-state index in [-0.39, 0.29) is 5.92 Å². The average Bonchev–Trinajstić information content (AvgIpc) is 2.92. The van der Waals surface area contributed by atoms with E-state index in [1.807, 2.05) is 37.3 Å². The van der Waals surface area contributed by atoms with Crippen LogP contribution in [0.25, 0.3) is 10.2 Å². The van der Waals surface area contributed by atoms with Gasteiger partial charge in [-0.25, -0.2) is 4.98 Å². The van der Waals surface area contributed by atoms with Crippen molar-refractivity contribution >= 4 is 21.6 Å². The van der Waals surface area contributed by atoms with Crippen LogP contribution in [0.15, 0.2) is 48.5 Å². The van der Waals surface area contributed by atoms with Crippen LogP contribution in [0.2, 0.25) is 0 Å². The third-order valence-corrected chi connectivity index (χ3v) is 4.56. The van der Waals surface area contributed by atoms with Gasteiger partial charge in [0.05, 0.1) is 16.8 Å². The molecule has 0 aliphatic heterocycles. The average molecular weight is 298 g/mol. The van der Waals surface area contributed by atoms with Gasteiger partial charge in [0.25, 0.3) is 0 Å². The van der Waals surface area contributed by atoms with Gasteiger partial charge in [-0.05, 0) is 30.7 Å². The summed E-state index contributed by atoms with van der Waals surface area (Å²) in [6.07, 6.45) is 0. The minimum absolute atomic E-state index is 0.152. The third kappa shape index (κ3) is 2.91. The van der Waals surface area contributed by atoms with Crippen molar-refractivity contribution in [3.63, 3.8) is 0 Å². The number of hydrogen-bond donors (Lipinski definition) is 1. The lowest BCUT2D eigenvalue weighted by atomic mass is 10.0. The van der Waals surface area contributed by atoms with Crippen molar-refractivity contribution in [2.24, 2.45) is 5.73 Å². The van der Waals surface area contributed by atoms with Crippen LogP contribution < -0.4 is 10.5 Å². The van der Waals surface area contributed by atoms with E-state index >= 15 is 0 Å². The molecule has 4 heteroatoms. The van der Waals surface area contributed by atoms with Gasteiger partial charge in [0.15, 0.2) is 0 Å². The fraction of sp³-hybridized carbons (Fsp3) is 0.235. The summed E-state index contributed by atoms with van der Waals surface area (Å²) in [5, 5.41) is 1.06. The van der Waals surface area contributed by atoms with Crippen LogP contribution in [0.5, 0.6) is 5.75 Å².